The summed E-state index contributed by atoms with van der Waals surface area (Å²) in [6.45, 7) is 5.50. The number of halogens is 1. The van der Waals surface area contributed by atoms with Gasteiger partial charge in [-0.15, -0.1) is 6.58 Å². The Morgan fingerprint density at radius 3 is 2.64 bits per heavy atom. The highest BCUT2D eigenvalue weighted by Crippen LogP contribution is 2.59. The van der Waals surface area contributed by atoms with E-state index >= 15 is 0 Å². The molecule has 3 saturated heterocycles. The van der Waals surface area contributed by atoms with Crippen molar-refractivity contribution in [2.24, 2.45) is 11.8 Å². The molecular formula is C30H33ClN2O6. The van der Waals surface area contributed by atoms with Crippen LogP contribution in [0.4, 0.5) is 5.69 Å². The first-order valence-electron chi connectivity index (χ1n) is 13.4. The maximum absolute atomic E-state index is 14.6. The Morgan fingerprint density at radius 2 is 1.97 bits per heavy atom. The molecule has 2 bridgehead atoms. The molecule has 0 aliphatic carbocycles. The molecule has 3 aliphatic heterocycles. The van der Waals surface area contributed by atoms with Gasteiger partial charge in [-0.1, -0.05) is 60.1 Å². The van der Waals surface area contributed by atoms with E-state index in [1.165, 1.54) is 9.80 Å². The molecule has 0 aromatic heterocycles. The van der Waals surface area contributed by atoms with Crippen LogP contribution in [0, 0.1) is 11.8 Å². The van der Waals surface area contributed by atoms with Crippen molar-refractivity contribution < 1.29 is 29.0 Å². The van der Waals surface area contributed by atoms with Crippen molar-refractivity contribution in [2.45, 2.75) is 50.0 Å². The minimum atomic E-state index is -1.22. The molecule has 2 amide bonds. The van der Waals surface area contributed by atoms with Crippen LogP contribution < -0.4 is 4.90 Å². The number of carbonyl (C=O) groups excluding carboxylic acids is 3. The normalized spacial score (nSPS) is 27.8. The molecule has 3 fully saturated rings. The average molecular weight is 553 g/mol. The molecule has 3 heterocycles. The van der Waals surface area contributed by atoms with Crippen LogP contribution in [-0.4, -0.2) is 71.3 Å². The fourth-order valence-corrected chi connectivity index (χ4v) is 6.90. The minimum Gasteiger partial charge on any atom is -0.466 e. The van der Waals surface area contributed by atoms with Gasteiger partial charge in [-0.05, 0) is 43.9 Å². The van der Waals surface area contributed by atoms with Crippen molar-refractivity contribution in [2.75, 3.05) is 24.7 Å². The molecule has 2 aromatic rings. The summed E-state index contributed by atoms with van der Waals surface area (Å²) in [7, 11) is 0. The highest BCUT2D eigenvalue weighted by atomic mass is 35.5. The van der Waals surface area contributed by atoms with Gasteiger partial charge in [0.2, 0.25) is 5.91 Å². The number of ether oxygens (including phenoxy) is 2. The zero-order valence-electron chi connectivity index (χ0n) is 21.9. The van der Waals surface area contributed by atoms with Gasteiger partial charge in [0.25, 0.3) is 5.91 Å². The number of anilines is 1. The van der Waals surface area contributed by atoms with Crippen LogP contribution in [0.2, 0.25) is 5.02 Å². The van der Waals surface area contributed by atoms with Crippen molar-refractivity contribution >= 4 is 35.1 Å². The number of aliphatic hydroxyl groups is 1. The third-order valence-electron chi connectivity index (χ3n) is 8.17. The van der Waals surface area contributed by atoms with Gasteiger partial charge in [-0.3, -0.25) is 14.4 Å². The number of hydrogen-bond acceptors (Lipinski definition) is 6. The molecule has 1 spiro atoms. The van der Waals surface area contributed by atoms with Crippen LogP contribution in [0.15, 0.2) is 67.3 Å². The first kappa shape index (κ1) is 27.4. The molecule has 5 rings (SSSR count). The zero-order valence-corrected chi connectivity index (χ0v) is 22.6. The summed E-state index contributed by atoms with van der Waals surface area (Å²) in [5.41, 5.74) is 0.168. The highest BCUT2D eigenvalue weighted by molar-refractivity contribution is 6.34. The van der Waals surface area contributed by atoms with Crippen LogP contribution in [0.5, 0.6) is 0 Å². The number of esters is 1. The van der Waals surface area contributed by atoms with E-state index in [-0.39, 0.29) is 25.7 Å². The fourth-order valence-electron chi connectivity index (χ4n) is 6.66. The lowest BCUT2D eigenvalue weighted by atomic mass is 9.70. The molecule has 39 heavy (non-hydrogen) atoms. The second-order valence-corrected chi connectivity index (χ2v) is 10.7. The second-order valence-electron chi connectivity index (χ2n) is 10.3. The van der Waals surface area contributed by atoms with E-state index in [9.17, 15) is 19.5 Å². The molecule has 8 nitrogen and oxygen atoms in total. The number of nitrogens with zero attached hydrogens (tertiary/aromatic N) is 2. The number of carbonyl (C=O) groups is 3. The monoisotopic (exact) mass is 552 g/mol. The van der Waals surface area contributed by atoms with Gasteiger partial charge < -0.3 is 24.4 Å². The Balaban J connectivity index is 1.61. The number of likely N-dealkylation sites (tertiary alicyclic amines) is 1. The molecule has 2 unspecified atom stereocenters. The van der Waals surface area contributed by atoms with Gasteiger partial charge in [0, 0.05) is 6.54 Å². The lowest BCUT2D eigenvalue weighted by Crippen LogP contribution is -2.59. The minimum absolute atomic E-state index is 0.148. The Labute approximate surface area is 233 Å². The lowest BCUT2D eigenvalue weighted by molar-refractivity contribution is -0.155. The summed E-state index contributed by atoms with van der Waals surface area (Å²) < 4.78 is 11.8. The van der Waals surface area contributed by atoms with Gasteiger partial charge in [0.1, 0.15) is 11.6 Å². The van der Waals surface area contributed by atoms with E-state index in [0.717, 1.165) is 5.56 Å². The first-order valence-corrected chi connectivity index (χ1v) is 13.7. The average Bonchev–Trinajstić information content (AvgIpc) is 3.59. The Kier molecular flexibility index (Phi) is 7.80. The van der Waals surface area contributed by atoms with Crippen molar-refractivity contribution in [3.8, 4) is 0 Å². The topological polar surface area (TPSA) is 96.4 Å². The SMILES string of the molecule is C=CCN(C(=O)C1N([C@@H](CO)Cc2ccccc2)C(=O)[C@@H]2[C@@H](C(=O)OCC)[C@H]3CCC12O3)c1ccccc1Cl. The van der Waals surface area contributed by atoms with Gasteiger partial charge in [-0.25, -0.2) is 0 Å². The summed E-state index contributed by atoms with van der Waals surface area (Å²) in [5, 5.41) is 10.9. The second kappa shape index (κ2) is 11.1. The maximum Gasteiger partial charge on any atom is 0.312 e. The molecule has 3 aliphatic rings. The van der Waals surface area contributed by atoms with E-state index in [0.29, 0.717) is 30.0 Å². The van der Waals surface area contributed by atoms with Crippen molar-refractivity contribution in [3.05, 3.63) is 77.8 Å². The van der Waals surface area contributed by atoms with E-state index in [2.05, 4.69) is 6.58 Å². The third-order valence-corrected chi connectivity index (χ3v) is 8.49. The molecule has 1 N–H and O–H groups in total. The van der Waals surface area contributed by atoms with E-state index < -0.39 is 47.5 Å². The Morgan fingerprint density at radius 1 is 1.26 bits per heavy atom. The molecule has 6 atom stereocenters. The van der Waals surface area contributed by atoms with Crippen LogP contribution in [0.25, 0.3) is 0 Å². The largest absolute Gasteiger partial charge is 0.466 e. The Bertz CT molecular complexity index is 1260. The van der Waals surface area contributed by atoms with Crippen LogP contribution in [-0.2, 0) is 30.3 Å². The van der Waals surface area contributed by atoms with Gasteiger partial charge in [0.05, 0.1) is 47.9 Å². The predicted octanol–water partition coefficient (Wildman–Crippen LogP) is 3.40. The van der Waals surface area contributed by atoms with Crippen LogP contribution >= 0.6 is 11.6 Å². The zero-order chi connectivity index (χ0) is 27.7. The molecule has 2 aromatic carbocycles. The number of amides is 2. The molecule has 206 valence electrons. The molecule has 0 radical (unpaired) electrons. The summed E-state index contributed by atoms with van der Waals surface area (Å²) in [4.78, 5) is 44.9. The van der Waals surface area contributed by atoms with Gasteiger partial charge in [0.15, 0.2) is 0 Å². The molecule has 9 heteroatoms. The summed E-state index contributed by atoms with van der Waals surface area (Å²) >= 11 is 6.51. The fraction of sp³-hybridized carbons (Fsp3) is 0.433. The van der Waals surface area contributed by atoms with E-state index in [1.807, 2.05) is 30.3 Å². The molecular weight excluding hydrogens is 520 g/mol. The van der Waals surface area contributed by atoms with Crippen molar-refractivity contribution in [1.29, 1.82) is 0 Å². The maximum atomic E-state index is 14.6. The van der Waals surface area contributed by atoms with Gasteiger partial charge >= 0.3 is 5.97 Å². The number of fused-ring (bicyclic) bond motifs is 1. The Hall–Kier alpha value is -3.20. The highest BCUT2D eigenvalue weighted by Gasteiger charge is 2.75. The smallest absolute Gasteiger partial charge is 0.312 e. The number of para-hydroxylation sites is 1. The summed E-state index contributed by atoms with van der Waals surface area (Å²) in [6, 6.07) is 14.7. The first-order chi connectivity index (χ1) is 18.9. The van der Waals surface area contributed by atoms with E-state index in [1.54, 1.807) is 37.3 Å². The van der Waals surface area contributed by atoms with Crippen molar-refractivity contribution in [3.63, 3.8) is 0 Å². The molecule has 0 saturated carbocycles. The quantitative estimate of drug-likeness (QED) is 0.358. The summed E-state index contributed by atoms with van der Waals surface area (Å²) in [6.07, 6.45) is 2.38. The summed E-state index contributed by atoms with van der Waals surface area (Å²) in [5.74, 6) is -2.95. The van der Waals surface area contributed by atoms with Crippen molar-refractivity contribution in [1.82, 2.24) is 4.90 Å². The number of aliphatic hydroxyl groups excluding tert-OH is 1. The van der Waals surface area contributed by atoms with Crippen LogP contribution in [0.1, 0.15) is 25.3 Å². The van der Waals surface area contributed by atoms with Gasteiger partial charge in [-0.2, -0.15) is 0 Å². The predicted molar refractivity (Wildman–Crippen MR) is 146 cm³/mol. The number of rotatable bonds is 10. The van der Waals surface area contributed by atoms with E-state index in [4.69, 9.17) is 21.1 Å². The standard InChI is InChI=1S/C30H33ClN2O6/c1-3-16-32(22-13-9-8-12-21(22)31)28(36)26-30-15-14-23(39-30)24(29(37)38-4-2)25(30)27(35)33(26)20(18-34)17-19-10-6-5-7-11-19/h3,5-13,20,23-26,34H,1,4,14-18H2,2H3/t20-,23-,24+,25+,26?,30?/m1/s1. The van der Waals surface area contributed by atoms with Crippen LogP contribution in [0.3, 0.4) is 0 Å². The number of benzene rings is 2. The number of hydrogen-bond donors (Lipinski definition) is 1. The third kappa shape index (κ3) is 4.54. The lowest BCUT2D eigenvalue weighted by Gasteiger charge is -2.39.